The third kappa shape index (κ3) is 6.28. The molecular weight excluding hydrogens is 558 g/mol. The molecule has 2 aromatic rings. The van der Waals surface area contributed by atoms with Gasteiger partial charge in [-0.3, -0.25) is 14.3 Å². The zero-order chi connectivity index (χ0) is 28.9. The Morgan fingerprint density at radius 1 is 1.31 bits per heavy atom. The maximum absolute atomic E-state index is 12.9. The van der Waals surface area contributed by atoms with Gasteiger partial charge in [0.2, 0.25) is 5.95 Å². The molecule has 0 amide bonds. The van der Waals surface area contributed by atoms with Gasteiger partial charge in [-0.1, -0.05) is 11.8 Å². The number of nitrogens with two attached hydrogens (primary N) is 2. The van der Waals surface area contributed by atoms with Crippen molar-refractivity contribution in [1.29, 1.82) is 0 Å². The van der Waals surface area contributed by atoms with E-state index in [0.717, 1.165) is 10.8 Å². The highest BCUT2D eigenvalue weighted by atomic mass is 31.3. The Morgan fingerprint density at radius 2 is 1.97 bits per heavy atom. The summed E-state index contributed by atoms with van der Waals surface area (Å²) in [5.74, 6) is 3.73. The van der Waals surface area contributed by atoms with E-state index in [1.807, 2.05) is 5.92 Å². The Bertz CT molecular complexity index is 1500. The van der Waals surface area contributed by atoms with Crippen molar-refractivity contribution in [2.24, 2.45) is 5.73 Å². The summed E-state index contributed by atoms with van der Waals surface area (Å²) in [6, 6.07) is 1.22. The average molecular weight is 579 g/mol. The molecule has 0 bridgehead atoms. The van der Waals surface area contributed by atoms with E-state index >= 15 is 0 Å². The second kappa shape index (κ2) is 10.0. The van der Waals surface area contributed by atoms with Crippen molar-refractivity contribution in [1.82, 2.24) is 14.5 Å². The largest absolute Gasteiger partial charge is 0.490 e. The number of nitrogen functional groups attached to an aromatic ring is 1. The Morgan fingerprint density at radius 3 is 2.58 bits per heavy atom. The highest BCUT2D eigenvalue weighted by Gasteiger charge is 2.55. The molecule has 3 unspecified atom stereocenters. The summed E-state index contributed by atoms with van der Waals surface area (Å²) in [6.45, 7) is -4.93. The number of hydrogen-bond donors (Lipinski definition) is 8. The molecule has 1 aliphatic rings. The fourth-order valence-electron chi connectivity index (χ4n) is 3.10. The summed E-state index contributed by atoms with van der Waals surface area (Å²) in [5.41, 5.74) is 8.39. The molecule has 0 aromatic carbocycles. The van der Waals surface area contributed by atoms with Crippen molar-refractivity contribution in [3.8, 4) is 11.8 Å². The van der Waals surface area contributed by atoms with E-state index in [0.29, 0.717) is 0 Å². The number of ether oxygens (including phenoxy) is 1. The van der Waals surface area contributed by atoms with Gasteiger partial charge in [-0.2, -0.15) is 13.6 Å². The number of phosphoric acid groups is 3. The first-order chi connectivity index (χ1) is 17.2. The lowest BCUT2D eigenvalue weighted by Gasteiger charge is -2.28. The third-order valence-electron chi connectivity index (χ3n) is 4.38. The summed E-state index contributed by atoms with van der Waals surface area (Å²) in [6.07, 6.45) is -5.31. The van der Waals surface area contributed by atoms with Crippen LogP contribution in [-0.4, -0.2) is 70.2 Å². The quantitative estimate of drug-likeness (QED) is 0.131. The van der Waals surface area contributed by atoms with Crippen LogP contribution in [0.5, 0.6) is 0 Å². The SMILES string of the molecule is [2H]C([2H])(OP(=O)(O)OP(=O)(O)OP(=O)(O)O)[C@H]1O[C@@H](n2ccc3c(=O)[nH]c(N)nc32)C(N)(C#CCF)[C@H]1O. The number of aromatic nitrogens is 3. The van der Waals surface area contributed by atoms with E-state index < -0.39 is 66.2 Å². The lowest BCUT2D eigenvalue weighted by atomic mass is 9.91. The topological polar surface area (TPSA) is 292 Å². The van der Waals surface area contributed by atoms with Gasteiger partial charge in [0.15, 0.2) is 17.4 Å². The van der Waals surface area contributed by atoms with Crippen LogP contribution in [0.4, 0.5) is 10.3 Å². The van der Waals surface area contributed by atoms with Crippen molar-refractivity contribution in [3.63, 3.8) is 0 Å². The van der Waals surface area contributed by atoms with Crippen molar-refractivity contribution >= 4 is 40.4 Å². The maximum Gasteiger partial charge on any atom is 0.490 e. The second-order valence-corrected chi connectivity index (χ2v) is 11.3. The van der Waals surface area contributed by atoms with Gasteiger partial charge in [0.25, 0.3) is 5.56 Å². The molecule has 1 saturated heterocycles. The van der Waals surface area contributed by atoms with Crippen LogP contribution in [0.2, 0.25) is 0 Å². The molecule has 0 aliphatic carbocycles. The van der Waals surface area contributed by atoms with E-state index in [9.17, 15) is 37.8 Å². The molecule has 1 aliphatic heterocycles. The zero-order valence-electron chi connectivity index (χ0n) is 19.4. The van der Waals surface area contributed by atoms with Crippen LogP contribution in [0.3, 0.4) is 0 Å². The van der Waals surface area contributed by atoms with Gasteiger partial charge in [-0.15, -0.1) is 0 Å². The fourth-order valence-corrected chi connectivity index (χ4v) is 5.97. The molecule has 200 valence electrons. The van der Waals surface area contributed by atoms with E-state index in [4.69, 9.17) is 28.7 Å². The maximum atomic E-state index is 12.9. The highest BCUT2D eigenvalue weighted by molar-refractivity contribution is 7.66. The average Bonchev–Trinajstić information content (AvgIpc) is 3.22. The molecule has 2 aromatic heterocycles. The standard InChI is InChI=1S/C14H19FN5O13P3/c15-4-1-3-14(17)9(21)8(6-30-35(26,27)33-36(28,29)32-34(23,24)25)31-12(14)20-5-2-7-10(20)18-13(16)19-11(7)22/h2,5,8-9,12,21H,4,6,17H2,(H,26,27)(H,28,29)(H2,23,24,25)(H3,16,18,19,22)/t8-,9+,12-,14?/m1/s1/i6D2. The summed E-state index contributed by atoms with van der Waals surface area (Å²) in [7, 11) is -17.8. The normalized spacial score (nSPS) is 29.0. The molecule has 36 heavy (non-hydrogen) atoms. The van der Waals surface area contributed by atoms with Crippen molar-refractivity contribution < 1.29 is 63.4 Å². The number of aromatic amines is 1. The molecule has 3 heterocycles. The van der Waals surface area contributed by atoms with Gasteiger partial charge in [-0.05, 0) is 6.07 Å². The first-order valence-corrected chi connectivity index (χ1v) is 13.6. The number of aliphatic hydroxyl groups is 1. The lowest BCUT2D eigenvalue weighted by Crippen LogP contribution is -2.53. The lowest BCUT2D eigenvalue weighted by molar-refractivity contribution is -0.0436. The number of rotatable bonds is 8. The second-order valence-electron chi connectivity index (χ2n) is 6.93. The van der Waals surface area contributed by atoms with E-state index in [-0.39, 0.29) is 17.0 Å². The van der Waals surface area contributed by atoms with Crippen molar-refractivity contribution in [2.45, 2.75) is 24.0 Å². The van der Waals surface area contributed by atoms with Crippen molar-refractivity contribution in [3.05, 3.63) is 22.6 Å². The van der Waals surface area contributed by atoms with Crippen LogP contribution >= 0.6 is 23.5 Å². The summed E-state index contributed by atoms with van der Waals surface area (Å²) >= 11 is 0. The van der Waals surface area contributed by atoms with Crippen LogP contribution in [0, 0.1) is 11.8 Å². The van der Waals surface area contributed by atoms with E-state index in [1.54, 1.807) is 0 Å². The van der Waals surface area contributed by atoms with Crippen LogP contribution < -0.4 is 17.0 Å². The first-order valence-electron chi connectivity index (χ1n) is 10.1. The van der Waals surface area contributed by atoms with Gasteiger partial charge in [0.05, 0.1) is 14.7 Å². The number of halogens is 1. The van der Waals surface area contributed by atoms with E-state index in [1.165, 1.54) is 6.07 Å². The van der Waals surface area contributed by atoms with Gasteiger partial charge in [0.1, 0.15) is 18.9 Å². The van der Waals surface area contributed by atoms with Crippen LogP contribution in [0.25, 0.3) is 11.0 Å². The predicted molar refractivity (Wildman–Crippen MR) is 115 cm³/mol. The minimum absolute atomic E-state index is 0.0715. The van der Waals surface area contributed by atoms with E-state index in [2.05, 4.69) is 29.0 Å². The molecule has 6 atom stereocenters. The summed E-state index contributed by atoms with van der Waals surface area (Å²) in [5, 5.41) is 10.8. The van der Waals surface area contributed by atoms with Crippen LogP contribution in [0.1, 0.15) is 8.97 Å². The number of anilines is 1. The number of aliphatic hydroxyl groups excluding tert-OH is 1. The highest BCUT2D eigenvalue weighted by Crippen LogP contribution is 2.66. The molecular formula is C14H19FN5O13P3. The Labute approximate surface area is 202 Å². The number of nitrogens with one attached hydrogen (secondary N) is 1. The minimum Gasteiger partial charge on any atom is -0.387 e. The summed E-state index contributed by atoms with van der Waals surface area (Å²) < 4.78 is 81.0. The Kier molecular flexibility index (Phi) is 7.15. The third-order valence-corrected chi connectivity index (χ3v) is 8.05. The Balaban J connectivity index is 2.01. The monoisotopic (exact) mass is 579 g/mol. The molecule has 0 saturated carbocycles. The van der Waals surface area contributed by atoms with Gasteiger partial charge < -0.3 is 45.5 Å². The van der Waals surface area contributed by atoms with Crippen LogP contribution in [0.15, 0.2) is 17.1 Å². The minimum atomic E-state index is -6.06. The van der Waals surface area contributed by atoms with Gasteiger partial charge in [0, 0.05) is 6.20 Å². The molecule has 3 rings (SSSR count). The molecule has 22 heteroatoms. The number of nitrogens with zero attached hydrogens (tertiary/aromatic N) is 2. The number of H-pyrrole nitrogens is 1. The number of hydrogen-bond acceptors (Lipinski definition) is 12. The first kappa shape index (κ1) is 25.6. The summed E-state index contributed by atoms with van der Waals surface area (Å²) in [4.78, 5) is 54.5. The number of fused-ring (bicyclic) bond motifs is 1. The number of alkyl halides is 1. The smallest absolute Gasteiger partial charge is 0.387 e. The molecule has 0 radical (unpaired) electrons. The molecule has 18 nitrogen and oxygen atoms in total. The van der Waals surface area contributed by atoms with Gasteiger partial charge in [-0.25, -0.2) is 18.1 Å². The predicted octanol–water partition coefficient (Wildman–Crippen LogP) is -1.42. The molecule has 0 spiro atoms. The fraction of sp³-hybridized carbons (Fsp3) is 0.429. The van der Waals surface area contributed by atoms with Crippen molar-refractivity contribution in [2.75, 3.05) is 19.0 Å². The van der Waals surface area contributed by atoms with Crippen LogP contribution in [-0.2, 0) is 31.6 Å². The molecule has 1 fully saturated rings. The zero-order valence-corrected chi connectivity index (χ0v) is 20.0. The van der Waals surface area contributed by atoms with Gasteiger partial charge >= 0.3 is 23.5 Å². The molecule has 10 N–H and O–H groups in total. The Hall–Kier alpha value is -2.00. The number of phosphoric ester groups is 1.